The molecular formula is C27H34NOPS. The van der Waals surface area contributed by atoms with Crippen LogP contribution in [0.4, 0.5) is 0 Å². The molecule has 2 nitrogen and oxygen atoms in total. The van der Waals surface area contributed by atoms with E-state index in [1.807, 2.05) is 20.8 Å². The molecule has 1 N–H and O–H groups in total. The first-order valence-corrected chi connectivity index (χ1v) is 13.3. The van der Waals surface area contributed by atoms with Gasteiger partial charge in [0, 0.05) is 6.04 Å². The van der Waals surface area contributed by atoms with Gasteiger partial charge in [-0.15, -0.1) is 0 Å². The van der Waals surface area contributed by atoms with Crippen LogP contribution in [0.1, 0.15) is 53.1 Å². The standard InChI is InChI=1S/C27H34NOPS/c1-26(2,3)25(28-31(29)27(4,5)6)23-19-13-14-20-24(23)30(21-15-9-7-10-16-21)22-17-11-8-12-18-22/h7-20,25,28H,1-6H3/t25-,31+/m1/s1. The minimum atomic E-state index is -1.17. The van der Waals surface area contributed by atoms with Crippen molar-refractivity contribution in [3.05, 3.63) is 90.5 Å². The van der Waals surface area contributed by atoms with Crippen LogP contribution in [0.5, 0.6) is 0 Å². The molecule has 0 heterocycles. The lowest BCUT2D eigenvalue weighted by Gasteiger charge is -2.36. The fourth-order valence-corrected chi connectivity index (χ4v) is 7.05. The van der Waals surface area contributed by atoms with E-state index in [-0.39, 0.29) is 16.2 Å². The molecule has 3 aromatic rings. The molecule has 0 amide bonds. The van der Waals surface area contributed by atoms with E-state index in [0.717, 1.165) is 0 Å². The summed E-state index contributed by atoms with van der Waals surface area (Å²) < 4.78 is 16.3. The molecule has 0 spiro atoms. The third-order valence-corrected chi connectivity index (χ3v) is 9.24. The van der Waals surface area contributed by atoms with Gasteiger partial charge in [-0.2, -0.15) is 0 Å². The van der Waals surface area contributed by atoms with Crippen LogP contribution in [0.3, 0.4) is 0 Å². The zero-order chi connectivity index (χ0) is 22.6. The molecular weight excluding hydrogens is 417 g/mol. The minimum Gasteiger partial charge on any atom is -0.242 e. The number of nitrogens with one attached hydrogen (secondary N) is 1. The predicted molar refractivity (Wildman–Crippen MR) is 138 cm³/mol. The van der Waals surface area contributed by atoms with Gasteiger partial charge in [-0.25, -0.2) is 8.93 Å². The largest absolute Gasteiger partial charge is 0.242 e. The normalized spacial score (nSPS) is 14.4. The van der Waals surface area contributed by atoms with E-state index in [9.17, 15) is 4.21 Å². The van der Waals surface area contributed by atoms with Crippen molar-refractivity contribution in [1.82, 2.24) is 4.72 Å². The summed E-state index contributed by atoms with van der Waals surface area (Å²) in [6.45, 7) is 12.7. The maximum absolute atomic E-state index is 13.1. The topological polar surface area (TPSA) is 29.1 Å². The van der Waals surface area contributed by atoms with Crippen LogP contribution in [0.15, 0.2) is 84.9 Å². The summed E-state index contributed by atoms with van der Waals surface area (Å²) in [6.07, 6.45) is 0. The summed E-state index contributed by atoms with van der Waals surface area (Å²) >= 11 is 0. The molecule has 0 aliphatic carbocycles. The van der Waals surface area contributed by atoms with E-state index < -0.39 is 18.9 Å². The molecule has 0 bridgehead atoms. The van der Waals surface area contributed by atoms with Crippen molar-refractivity contribution in [3.63, 3.8) is 0 Å². The lowest BCUT2D eigenvalue weighted by Crippen LogP contribution is -2.42. The molecule has 0 fully saturated rings. The van der Waals surface area contributed by atoms with Crippen LogP contribution >= 0.6 is 7.92 Å². The molecule has 31 heavy (non-hydrogen) atoms. The summed E-state index contributed by atoms with van der Waals surface area (Å²) in [4.78, 5) is 0. The van der Waals surface area contributed by atoms with Crippen molar-refractivity contribution in [2.45, 2.75) is 52.3 Å². The molecule has 3 aromatic carbocycles. The fraction of sp³-hybridized carbons (Fsp3) is 0.333. The van der Waals surface area contributed by atoms with Crippen molar-refractivity contribution in [3.8, 4) is 0 Å². The number of rotatable bonds is 6. The molecule has 0 saturated heterocycles. The quantitative estimate of drug-likeness (QED) is 0.487. The van der Waals surface area contributed by atoms with E-state index >= 15 is 0 Å². The van der Waals surface area contributed by atoms with Gasteiger partial charge in [0.15, 0.2) is 0 Å². The number of hydrogen-bond acceptors (Lipinski definition) is 1. The summed E-state index contributed by atoms with van der Waals surface area (Å²) in [7, 11) is -1.91. The fourth-order valence-electron chi connectivity index (χ4n) is 3.51. The van der Waals surface area contributed by atoms with Crippen LogP contribution in [-0.4, -0.2) is 8.96 Å². The summed E-state index contributed by atoms with van der Waals surface area (Å²) in [5.74, 6) is 0. The second kappa shape index (κ2) is 9.77. The Morgan fingerprint density at radius 2 is 1.16 bits per heavy atom. The first kappa shape index (κ1) is 23.9. The molecule has 0 unspecified atom stereocenters. The summed E-state index contributed by atoms with van der Waals surface area (Å²) in [5, 5.41) is 3.95. The predicted octanol–water partition coefficient (Wildman–Crippen LogP) is 5.58. The Morgan fingerprint density at radius 1 is 0.710 bits per heavy atom. The van der Waals surface area contributed by atoms with E-state index in [2.05, 4.69) is 110 Å². The first-order valence-electron chi connectivity index (χ1n) is 10.8. The van der Waals surface area contributed by atoms with Gasteiger partial charge in [0.25, 0.3) is 0 Å². The highest BCUT2D eigenvalue weighted by Crippen LogP contribution is 2.40. The van der Waals surface area contributed by atoms with Crippen molar-refractivity contribution in [1.29, 1.82) is 0 Å². The van der Waals surface area contributed by atoms with Crippen LogP contribution in [0.2, 0.25) is 0 Å². The van der Waals surface area contributed by atoms with E-state index in [1.165, 1.54) is 21.5 Å². The van der Waals surface area contributed by atoms with Crippen molar-refractivity contribution < 1.29 is 4.21 Å². The van der Waals surface area contributed by atoms with Gasteiger partial charge >= 0.3 is 0 Å². The van der Waals surface area contributed by atoms with Crippen LogP contribution in [0.25, 0.3) is 0 Å². The van der Waals surface area contributed by atoms with Gasteiger partial charge in [0.2, 0.25) is 0 Å². The van der Waals surface area contributed by atoms with Gasteiger partial charge < -0.3 is 0 Å². The maximum atomic E-state index is 13.1. The Morgan fingerprint density at radius 3 is 1.61 bits per heavy atom. The Bertz CT molecular complexity index is 967. The Labute approximate surface area is 191 Å². The monoisotopic (exact) mass is 451 g/mol. The SMILES string of the molecule is CC(C)(C)[C@H](N[S@@](=O)C(C)(C)C)c1ccccc1P(c1ccccc1)c1ccccc1. The highest BCUT2D eigenvalue weighted by Gasteiger charge is 2.34. The van der Waals surface area contributed by atoms with Gasteiger partial charge in [0.05, 0.1) is 15.7 Å². The zero-order valence-electron chi connectivity index (χ0n) is 19.4. The first-order chi connectivity index (χ1) is 14.6. The van der Waals surface area contributed by atoms with E-state index in [0.29, 0.717) is 0 Å². The summed E-state index contributed by atoms with van der Waals surface area (Å²) in [5.41, 5.74) is 1.12. The maximum Gasteiger partial charge on any atom is 0.0976 e. The van der Waals surface area contributed by atoms with Gasteiger partial charge in [0.1, 0.15) is 0 Å². The lowest BCUT2D eigenvalue weighted by molar-refractivity contribution is 0.308. The lowest BCUT2D eigenvalue weighted by atomic mass is 9.83. The highest BCUT2D eigenvalue weighted by atomic mass is 32.2. The average molecular weight is 452 g/mol. The molecule has 0 aromatic heterocycles. The van der Waals surface area contributed by atoms with E-state index in [4.69, 9.17) is 0 Å². The molecule has 0 aliphatic rings. The highest BCUT2D eigenvalue weighted by molar-refractivity contribution is 7.84. The smallest absolute Gasteiger partial charge is 0.0976 e. The summed E-state index contributed by atoms with van der Waals surface area (Å²) in [6, 6.07) is 30.1. The molecule has 4 heteroatoms. The van der Waals surface area contributed by atoms with Crippen molar-refractivity contribution in [2.24, 2.45) is 5.41 Å². The average Bonchev–Trinajstić information content (AvgIpc) is 2.73. The second-order valence-electron chi connectivity index (χ2n) is 9.86. The van der Waals surface area contributed by atoms with Gasteiger partial charge in [-0.3, -0.25) is 0 Å². The van der Waals surface area contributed by atoms with Gasteiger partial charge in [-0.1, -0.05) is 106 Å². The zero-order valence-corrected chi connectivity index (χ0v) is 21.1. The third-order valence-electron chi connectivity index (χ3n) is 5.16. The minimum absolute atomic E-state index is 0.0406. The second-order valence-corrected chi connectivity index (χ2v) is 14.0. The number of benzene rings is 3. The third kappa shape index (κ3) is 5.92. The van der Waals surface area contributed by atoms with E-state index in [1.54, 1.807) is 0 Å². The Balaban J connectivity index is 2.18. The number of hydrogen-bond donors (Lipinski definition) is 1. The molecule has 3 rings (SSSR count). The molecule has 0 radical (unpaired) electrons. The van der Waals surface area contributed by atoms with Crippen LogP contribution in [0, 0.1) is 5.41 Å². The van der Waals surface area contributed by atoms with Gasteiger partial charge in [-0.05, 0) is 55.6 Å². The van der Waals surface area contributed by atoms with Crippen molar-refractivity contribution >= 4 is 34.8 Å². The van der Waals surface area contributed by atoms with Crippen LogP contribution in [-0.2, 0) is 11.0 Å². The Kier molecular flexibility index (Phi) is 7.52. The molecule has 164 valence electrons. The Hall–Kier alpha value is -1.80. The molecule has 0 aliphatic heterocycles. The molecule has 0 saturated carbocycles. The van der Waals surface area contributed by atoms with Crippen molar-refractivity contribution in [2.75, 3.05) is 0 Å². The van der Waals surface area contributed by atoms with Crippen LogP contribution < -0.4 is 20.6 Å². The molecule has 2 atom stereocenters.